The highest BCUT2D eigenvalue weighted by atomic mass is 32.2. The molecule has 3 aromatic rings. The van der Waals surface area contributed by atoms with Crippen LogP contribution in [0.3, 0.4) is 0 Å². The van der Waals surface area contributed by atoms with Crippen LogP contribution in [0.15, 0.2) is 102 Å². The number of benzene rings is 3. The summed E-state index contributed by atoms with van der Waals surface area (Å²) in [6.45, 7) is 0.589. The third kappa shape index (κ3) is 5.20. The number of esters is 1. The number of nitrogens with zero attached hydrogens (tertiary/aromatic N) is 1. The SMILES string of the molecule is CN(CC1(c2ccccc2)CC=C(SCCc2ccccc2)C(=O)O1)c1ccccc1. The Hall–Kier alpha value is -2.98. The number of likely N-dealkylation sites (N-methyl/N-ethyl adjacent to an activating group) is 1. The number of ether oxygens (including phenoxy) is 1. The maximum Gasteiger partial charge on any atom is 0.345 e. The first-order valence-electron chi connectivity index (χ1n) is 10.6. The molecule has 0 fully saturated rings. The van der Waals surface area contributed by atoms with E-state index in [1.165, 1.54) is 5.56 Å². The Balaban J connectivity index is 1.51. The van der Waals surface area contributed by atoms with Crippen LogP contribution in [0.5, 0.6) is 0 Å². The van der Waals surface area contributed by atoms with Crippen molar-refractivity contribution in [1.82, 2.24) is 0 Å². The van der Waals surface area contributed by atoms with Crippen molar-refractivity contribution < 1.29 is 9.53 Å². The zero-order valence-corrected chi connectivity index (χ0v) is 18.6. The second kappa shape index (κ2) is 9.88. The molecule has 0 amide bonds. The molecular weight excluding hydrogens is 402 g/mol. The third-order valence-electron chi connectivity index (χ3n) is 5.59. The number of carbonyl (C=O) groups excluding carboxylic acids is 1. The van der Waals surface area contributed by atoms with Gasteiger partial charge >= 0.3 is 5.97 Å². The van der Waals surface area contributed by atoms with Crippen LogP contribution in [0.4, 0.5) is 5.69 Å². The van der Waals surface area contributed by atoms with Gasteiger partial charge in [-0.05, 0) is 29.7 Å². The summed E-state index contributed by atoms with van der Waals surface area (Å²) in [5.74, 6) is 0.627. The molecule has 4 rings (SSSR count). The molecule has 0 aliphatic carbocycles. The molecule has 0 bridgehead atoms. The van der Waals surface area contributed by atoms with Gasteiger partial charge in [-0.15, -0.1) is 11.8 Å². The van der Waals surface area contributed by atoms with E-state index in [0.29, 0.717) is 17.9 Å². The molecule has 1 aliphatic heterocycles. The molecule has 1 heterocycles. The first-order valence-corrected chi connectivity index (χ1v) is 11.6. The van der Waals surface area contributed by atoms with E-state index in [9.17, 15) is 4.79 Å². The molecule has 0 N–H and O–H groups in total. The average molecular weight is 430 g/mol. The number of carbonyl (C=O) groups is 1. The Bertz CT molecular complexity index is 1020. The van der Waals surface area contributed by atoms with Crippen molar-refractivity contribution in [1.29, 1.82) is 0 Å². The van der Waals surface area contributed by atoms with Crippen molar-refractivity contribution in [2.24, 2.45) is 0 Å². The maximum atomic E-state index is 13.0. The normalized spacial score (nSPS) is 18.2. The highest BCUT2D eigenvalue weighted by Crippen LogP contribution is 2.39. The van der Waals surface area contributed by atoms with Crippen molar-refractivity contribution in [3.63, 3.8) is 0 Å². The van der Waals surface area contributed by atoms with Gasteiger partial charge in [0.25, 0.3) is 0 Å². The minimum atomic E-state index is -0.702. The van der Waals surface area contributed by atoms with Gasteiger partial charge in [0.15, 0.2) is 5.60 Å². The van der Waals surface area contributed by atoms with Crippen LogP contribution in [0.25, 0.3) is 0 Å². The minimum absolute atomic E-state index is 0.227. The van der Waals surface area contributed by atoms with Gasteiger partial charge in [0.1, 0.15) is 0 Å². The topological polar surface area (TPSA) is 29.5 Å². The van der Waals surface area contributed by atoms with E-state index in [1.807, 2.05) is 73.8 Å². The summed E-state index contributed by atoms with van der Waals surface area (Å²) in [6.07, 6.45) is 3.65. The van der Waals surface area contributed by atoms with Gasteiger partial charge < -0.3 is 9.64 Å². The molecule has 31 heavy (non-hydrogen) atoms. The number of hydrogen-bond acceptors (Lipinski definition) is 4. The first-order chi connectivity index (χ1) is 15.2. The summed E-state index contributed by atoms with van der Waals surface area (Å²) in [5.41, 5.74) is 2.70. The van der Waals surface area contributed by atoms with E-state index in [1.54, 1.807) is 11.8 Å². The molecule has 0 spiro atoms. The molecular formula is C27H27NO2S. The number of anilines is 1. The van der Waals surface area contributed by atoms with Gasteiger partial charge in [0, 0.05) is 24.9 Å². The van der Waals surface area contributed by atoms with Crippen molar-refractivity contribution in [3.8, 4) is 0 Å². The second-order valence-electron chi connectivity index (χ2n) is 7.80. The van der Waals surface area contributed by atoms with Gasteiger partial charge in [-0.25, -0.2) is 4.79 Å². The summed E-state index contributed by atoms with van der Waals surface area (Å²) in [5, 5.41) is 0. The summed E-state index contributed by atoms with van der Waals surface area (Å²) < 4.78 is 6.20. The Morgan fingerprint density at radius 3 is 2.16 bits per heavy atom. The van der Waals surface area contributed by atoms with Crippen LogP contribution in [-0.2, 0) is 21.6 Å². The summed E-state index contributed by atoms with van der Waals surface area (Å²) >= 11 is 1.58. The molecule has 3 nitrogen and oxygen atoms in total. The number of para-hydroxylation sites is 1. The van der Waals surface area contributed by atoms with Gasteiger partial charge in [0.05, 0.1) is 11.4 Å². The van der Waals surface area contributed by atoms with Crippen molar-refractivity contribution in [3.05, 3.63) is 113 Å². The fourth-order valence-corrected chi connectivity index (χ4v) is 4.83. The number of cyclic esters (lactones) is 1. The van der Waals surface area contributed by atoms with Gasteiger partial charge in [-0.3, -0.25) is 0 Å². The number of thioether (sulfide) groups is 1. The van der Waals surface area contributed by atoms with E-state index < -0.39 is 5.60 Å². The van der Waals surface area contributed by atoms with Gasteiger partial charge in [-0.1, -0.05) is 84.9 Å². The van der Waals surface area contributed by atoms with E-state index in [-0.39, 0.29) is 5.97 Å². The molecule has 4 heteroatoms. The van der Waals surface area contributed by atoms with Crippen LogP contribution in [0, 0.1) is 0 Å². The van der Waals surface area contributed by atoms with E-state index in [2.05, 4.69) is 35.2 Å². The highest BCUT2D eigenvalue weighted by molar-refractivity contribution is 8.03. The third-order valence-corrected chi connectivity index (χ3v) is 6.64. The molecule has 0 saturated carbocycles. The predicted molar refractivity (Wildman–Crippen MR) is 129 cm³/mol. The lowest BCUT2D eigenvalue weighted by molar-refractivity contribution is -0.156. The summed E-state index contributed by atoms with van der Waals surface area (Å²) in [6, 6.07) is 30.6. The molecule has 1 aliphatic rings. The zero-order valence-electron chi connectivity index (χ0n) is 17.7. The van der Waals surface area contributed by atoms with E-state index >= 15 is 0 Å². The number of hydrogen-bond donors (Lipinski definition) is 0. The van der Waals surface area contributed by atoms with Crippen LogP contribution >= 0.6 is 11.8 Å². The molecule has 0 aromatic heterocycles. The summed E-state index contributed by atoms with van der Waals surface area (Å²) in [4.78, 5) is 15.9. The quantitative estimate of drug-likeness (QED) is 0.422. The second-order valence-corrected chi connectivity index (χ2v) is 8.93. The molecule has 1 unspecified atom stereocenters. The summed E-state index contributed by atoms with van der Waals surface area (Å²) in [7, 11) is 2.04. The van der Waals surface area contributed by atoms with Gasteiger partial charge in [-0.2, -0.15) is 0 Å². The fraction of sp³-hybridized carbons (Fsp3) is 0.222. The Morgan fingerprint density at radius 2 is 1.52 bits per heavy atom. The van der Waals surface area contributed by atoms with Crippen LogP contribution in [0.1, 0.15) is 17.5 Å². The first kappa shape index (κ1) is 21.3. The fourth-order valence-electron chi connectivity index (χ4n) is 3.92. The van der Waals surface area contributed by atoms with E-state index in [0.717, 1.165) is 23.4 Å². The van der Waals surface area contributed by atoms with Gasteiger partial charge in [0.2, 0.25) is 0 Å². The zero-order chi connectivity index (χ0) is 21.5. The highest BCUT2D eigenvalue weighted by Gasteiger charge is 2.41. The molecule has 0 saturated heterocycles. The molecule has 1 atom stereocenters. The Labute approximate surface area is 188 Å². The number of rotatable bonds is 8. The average Bonchev–Trinajstić information content (AvgIpc) is 2.82. The lowest BCUT2D eigenvalue weighted by Gasteiger charge is -2.39. The smallest absolute Gasteiger partial charge is 0.345 e. The van der Waals surface area contributed by atoms with Crippen molar-refractivity contribution in [2.75, 3.05) is 24.2 Å². The van der Waals surface area contributed by atoms with Crippen molar-refractivity contribution >= 4 is 23.4 Å². The lowest BCUT2D eigenvalue weighted by Crippen LogP contribution is -2.44. The Kier molecular flexibility index (Phi) is 6.78. The molecule has 158 valence electrons. The van der Waals surface area contributed by atoms with Crippen LogP contribution in [-0.4, -0.2) is 25.3 Å². The monoisotopic (exact) mass is 429 g/mol. The lowest BCUT2D eigenvalue weighted by atomic mass is 9.88. The van der Waals surface area contributed by atoms with Crippen LogP contribution < -0.4 is 4.90 Å². The Morgan fingerprint density at radius 1 is 0.903 bits per heavy atom. The van der Waals surface area contributed by atoms with Crippen molar-refractivity contribution in [2.45, 2.75) is 18.4 Å². The van der Waals surface area contributed by atoms with E-state index in [4.69, 9.17) is 4.74 Å². The molecule has 3 aromatic carbocycles. The predicted octanol–water partition coefficient (Wildman–Crippen LogP) is 5.83. The number of aryl methyl sites for hydroxylation is 1. The maximum absolute atomic E-state index is 13.0. The standard InChI is InChI=1S/C27H27NO2S/c1-28(24-15-9-4-10-16-24)21-27(23-13-7-3-8-14-23)19-17-25(26(29)30-27)31-20-18-22-11-5-2-6-12-22/h2-17H,18-21H2,1H3. The largest absolute Gasteiger partial charge is 0.448 e. The molecule has 0 radical (unpaired) electrons. The van der Waals surface area contributed by atoms with Crippen LogP contribution in [0.2, 0.25) is 0 Å². The minimum Gasteiger partial charge on any atom is -0.448 e.